The molecule has 0 bridgehead atoms. The van der Waals surface area contributed by atoms with Gasteiger partial charge >= 0.3 is 8.56 Å². The summed E-state index contributed by atoms with van der Waals surface area (Å²) in [5.74, 6) is 0. The van der Waals surface area contributed by atoms with Crippen molar-refractivity contribution in [3.8, 4) is 0 Å². The van der Waals surface area contributed by atoms with Gasteiger partial charge in [0.05, 0.1) is 0 Å². The third-order valence-electron chi connectivity index (χ3n) is 3.52. The Labute approximate surface area is 129 Å². The Morgan fingerprint density at radius 3 is 1.50 bits per heavy atom. The van der Waals surface area contributed by atoms with E-state index in [-0.39, 0.29) is 0 Å². The molecular formula is C16H38O2Si2. The third kappa shape index (κ3) is 14.8. The van der Waals surface area contributed by atoms with Crippen molar-refractivity contribution in [3.63, 3.8) is 0 Å². The van der Waals surface area contributed by atoms with E-state index in [1.165, 1.54) is 57.8 Å². The molecule has 0 amide bonds. The van der Waals surface area contributed by atoms with E-state index in [0.29, 0.717) is 0 Å². The Balaban J connectivity index is 3.39. The van der Waals surface area contributed by atoms with Gasteiger partial charge < -0.3 is 8.91 Å². The minimum Gasteiger partial charge on any atom is -0.436 e. The van der Waals surface area contributed by atoms with Crippen molar-refractivity contribution in [2.24, 2.45) is 0 Å². The van der Waals surface area contributed by atoms with E-state index in [0.717, 1.165) is 12.5 Å². The molecule has 2 nitrogen and oxygen atoms in total. The summed E-state index contributed by atoms with van der Waals surface area (Å²) in [5, 5.41) is 0. The van der Waals surface area contributed by atoms with Crippen LogP contribution >= 0.6 is 0 Å². The second kappa shape index (κ2) is 11.0. The molecule has 1 N–H and O–H groups in total. The molecule has 0 aromatic heterocycles. The molecule has 4 heteroatoms. The van der Waals surface area contributed by atoms with Crippen molar-refractivity contribution in [1.82, 2.24) is 0 Å². The van der Waals surface area contributed by atoms with Gasteiger partial charge in [0.2, 0.25) is 0 Å². The van der Waals surface area contributed by atoms with Gasteiger partial charge in [-0.15, -0.1) is 0 Å². The average Bonchev–Trinajstić information content (AvgIpc) is 2.28. The minimum absolute atomic E-state index is 0.910. The van der Waals surface area contributed by atoms with Gasteiger partial charge in [0.15, 0.2) is 8.32 Å². The van der Waals surface area contributed by atoms with E-state index in [1.54, 1.807) is 0 Å². The largest absolute Gasteiger partial charge is 0.436 e. The zero-order valence-electron chi connectivity index (χ0n) is 14.6. The van der Waals surface area contributed by atoms with Crippen LogP contribution in [0.1, 0.15) is 71.1 Å². The van der Waals surface area contributed by atoms with Crippen LogP contribution in [-0.4, -0.2) is 21.7 Å². The Hall–Kier alpha value is 0.354. The lowest BCUT2D eigenvalue weighted by atomic mass is 10.1. The van der Waals surface area contributed by atoms with Crippen LogP contribution in [0.2, 0.25) is 32.2 Å². The normalized spacial score (nSPS) is 15.3. The van der Waals surface area contributed by atoms with Gasteiger partial charge in [0.25, 0.3) is 0 Å². The molecule has 0 aromatic rings. The Morgan fingerprint density at radius 2 is 1.10 bits per heavy atom. The number of hydrogen-bond acceptors (Lipinski definition) is 2. The van der Waals surface area contributed by atoms with Crippen molar-refractivity contribution in [2.45, 2.75) is 103 Å². The molecule has 0 rings (SSSR count). The monoisotopic (exact) mass is 318 g/mol. The first-order valence-corrected chi connectivity index (χ1v) is 14.7. The topological polar surface area (TPSA) is 29.5 Å². The molecule has 0 radical (unpaired) electrons. The maximum absolute atomic E-state index is 10.3. The molecule has 0 aromatic carbocycles. The maximum Gasteiger partial charge on any atom is 0.321 e. The second-order valence-electron chi connectivity index (χ2n) is 7.32. The maximum atomic E-state index is 10.3. The standard InChI is InChI=1S/C16H38O2Si2/c1-6-7-8-9-10-11-12-13-14-15-16-20(5,17)18-19(2,3)4/h17H,6-16H2,1-5H3. The molecular weight excluding hydrogens is 280 g/mol. The molecule has 1 atom stereocenters. The highest BCUT2D eigenvalue weighted by Crippen LogP contribution is 2.19. The first-order chi connectivity index (χ1) is 9.27. The molecule has 122 valence electrons. The lowest BCUT2D eigenvalue weighted by Crippen LogP contribution is -2.44. The van der Waals surface area contributed by atoms with Crippen LogP contribution in [0.15, 0.2) is 0 Å². The number of hydrogen-bond donors (Lipinski definition) is 1. The summed E-state index contributed by atoms with van der Waals surface area (Å²) < 4.78 is 5.94. The predicted octanol–water partition coefficient (Wildman–Crippen LogP) is 5.82. The van der Waals surface area contributed by atoms with E-state index in [1.807, 2.05) is 6.55 Å². The highest BCUT2D eigenvalue weighted by atomic mass is 28.4. The zero-order chi connectivity index (χ0) is 15.5. The van der Waals surface area contributed by atoms with Crippen molar-refractivity contribution in [3.05, 3.63) is 0 Å². The van der Waals surface area contributed by atoms with Gasteiger partial charge in [-0.1, -0.05) is 71.1 Å². The Bertz CT molecular complexity index is 225. The second-order valence-corrected chi connectivity index (χ2v) is 15.2. The van der Waals surface area contributed by atoms with Gasteiger partial charge in [0, 0.05) is 0 Å². The summed E-state index contributed by atoms with van der Waals surface area (Å²) in [6, 6.07) is 0.910. The summed E-state index contributed by atoms with van der Waals surface area (Å²) in [4.78, 5) is 10.3. The molecule has 0 aliphatic rings. The Morgan fingerprint density at radius 1 is 0.700 bits per heavy atom. The molecule has 0 saturated heterocycles. The third-order valence-corrected chi connectivity index (χ3v) is 9.01. The highest BCUT2D eigenvalue weighted by Gasteiger charge is 2.32. The van der Waals surface area contributed by atoms with E-state index < -0.39 is 16.9 Å². The van der Waals surface area contributed by atoms with Crippen molar-refractivity contribution in [2.75, 3.05) is 0 Å². The summed E-state index contributed by atoms with van der Waals surface area (Å²) in [5.41, 5.74) is 0. The molecule has 0 aliphatic carbocycles. The molecule has 0 saturated carbocycles. The van der Waals surface area contributed by atoms with E-state index >= 15 is 0 Å². The van der Waals surface area contributed by atoms with Gasteiger partial charge in [-0.2, -0.15) is 0 Å². The van der Waals surface area contributed by atoms with Crippen LogP contribution in [0, 0.1) is 0 Å². The van der Waals surface area contributed by atoms with Crippen molar-refractivity contribution >= 4 is 16.9 Å². The summed E-state index contributed by atoms with van der Waals surface area (Å²) in [6.45, 7) is 10.7. The fourth-order valence-corrected chi connectivity index (χ4v) is 9.24. The first-order valence-electron chi connectivity index (χ1n) is 8.69. The number of unbranched alkanes of at least 4 members (excludes halogenated alkanes) is 9. The molecule has 0 fully saturated rings. The van der Waals surface area contributed by atoms with E-state index in [9.17, 15) is 4.80 Å². The van der Waals surface area contributed by atoms with Gasteiger partial charge in [-0.05, 0) is 32.2 Å². The van der Waals surface area contributed by atoms with Crippen LogP contribution in [0.4, 0.5) is 0 Å². The lowest BCUT2D eigenvalue weighted by Gasteiger charge is -2.29. The molecule has 1 unspecified atom stereocenters. The zero-order valence-corrected chi connectivity index (χ0v) is 16.6. The smallest absolute Gasteiger partial charge is 0.321 e. The van der Waals surface area contributed by atoms with E-state index in [4.69, 9.17) is 4.12 Å². The number of rotatable bonds is 13. The van der Waals surface area contributed by atoms with Crippen LogP contribution in [0.5, 0.6) is 0 Å². The van der Waals surface area contributed by atoms with Gasteiger partial charge in [0.1, 0.15) is 0 Å². The quantitative estimate of drug-likeness (QED) is 0.342. The van der Waals surface area contributed by atoms with E-state index in [2.05, 4.69) is 26.6 Å². The fraction of sp³-hybridized carbons (Fsp3) is 1.00. The summed E-state index contributed by atoms with van der Waals surface area (Å²) in [6.07, 6.45) is 13.5. The Kier molecular flexibility index (Phi) is 11.2. The van der Waals surface area contributed by atoms with Crippen molar-refractivity contribution < 1.29 is 8.91 Å². The fourth-order valence-electron chi connectivity index (χ4n) is 2.65. The first kappa shape index (κ1) is 20.4. The van der Waals surface area contributed by atoms with Gasteiger partial charge in [-0.25, -0.2) is 0 Å². The van der Waals surface area contributed by atoms with Crippen LogP contribution in [0.25, 0.3) is 0 Å². The predicted molar refractivity (Wildman–Crippen MR) is 94.9 cm³/mol. The van der Waals surface area contributed by atoms with Crippen LogP contribution in [0.3, 0.4) is 0 Å². The van der Waals surface area contributed by atoms with Crippen LogP contribution in [-0.2, 0) is 4.12 Å². The van der Waals surface area contributed by atoms with Gasteiger partial charge in [-0.3, -0.25) is 0 Å². The summed E-state index contributed by atoms with van der Waals surface area (Å²) >= 11 is 0. The summed E-state index contributed by atoms with van der Waals surface area (Å²) in [7, 11) is -3.95. The SMILES string of the molecule is CCCCCCCCCCCC[Si](C)(O)O[Si](C)(C)C. The lowest BCUT2D eigenvalue weighted by molar-refractivity contribution is 0.373. The molecule has 20 heavy (non-hydrogen) atoms. The van der Waals surface area contributed by atoms with Crippen LogP contribution < -0.4 is 0 Å². The molecule has 0 aliphatic heterocycles. The minimum atomic E-state index is -2.37. The average molecular weight is 319 g/mol. The van der Waals surface area contributed by atoms with Crippen molar-refractivity contribution in [1.29, 1.82) is 0 Å². The molecule has 0 heterocycles. The highest BCUT2D eigenvalue weighted by molar-refractivity contribution is 6.81. The molecule has 0 spiro atoms.